The number of piperazine rings is 1. The molecule has 12 heavy (non-hydrogen) atoms. The van der Waals surface area contributed by atoms with E-state index in [2.05, 4.69) is 11.8 Å². The van der Waals surface area contributed by atoms with Gasteiger partial charge in [0.1, 0.15) is 0 Å². The fraction of sp³-hybridized carbons (Fsp3) is 0.889. The molecule has 68 valence electrons. The van der Waals surface area contributed by atoms with Crippen molar-refractivity contribution in [1.82, 2.24) is 9.80 Å². The van der Waals surface area contributed by atoms with Crippen LogP contribution in [0.15, 0.2) is 0 Å². The summed E-state index contributed by atoms with van der Waals surface area (Å²) in [6.45, 7) is 7.07. The number of carbonyl (C=O) groups is 1. The first kappa shape index (κ1) is 8.05. The van der Waals surface area contributed by atoms with Gasteiger partial charge in [-0.1, -0.05) is 6.92 Å². The lowest BCUT2D eigenvalue weighted by Gasteiger charge is -2.32. The van der Waals surface area contributed by atoms with Gasteiger partial charge in [0, 0.05) is 32.1 Å². The van der Waals surface area contributed by atoms with Crippen LogP contribution in [0.3, 0.4) is 0 Å². The lowest BCUT2D eigenvalue weighted by atomic mass is 10.2. The summed E-state index contributed by atoms with van der Waals surface area (Å²) in [6, 6.07) is 1.18. The molecule has 2 atom stereocenters. The number of nitrogens with zero attached hydrogens (tertiary/aromatic N) is 2. The first-order valence-electron chi connectivity index (χ1n) is 4.73. The van der Waals surface area contributed by atoms with E-state index in [0.717, 1.165) is 19.6 Å². The van der Waals surface area contributed by atoms with Crippen molar-refractivity contribution in [2.24, 2.45) is 0 Å². The van der Waals surface area contributed by atoms with Gasteiger partial charge in [0.15, 0.2) is 0 Å². The number of rotatable bonds is 1. The van der Waals surface area contributed by atoms with E-state index in [1.54, 1.807) is 6.92 Å². The number of hydrogen-bond donors (Lipinski definition) is 0. The third-order valence-electron chi connectivity index (χ3n) is 3.16. The molecule has 3 heteroatoms. The Labute approximate surface area is 73.3 Å². The summed E-state index contributed by atoms with van der Waals surface area (Å²) in [5, 5.41) is 0. The lowest BCUT2D eigenvalue weighted by molar-refractivity contribution is -0.131. The minimum absolute atomic E-state index is 0.248. The van der Waals surface area contributed by atoms with Crippen molar-refractivity contribution in [3.8, 4) is 0 Å². The molecule has 2 fully saturated rings. The average molecular weight is 168 g/mol. The maximum Gasteiger partial charge on any atom is 0.219 e. The topological polar surface area (TPSA) is 23.6 Å². The van der Waals surface area contributed by atoms with Crippen molar-refractivity contribution in [3.63, 3.8) is 0 Å². The van der Waals surface area contributed by atoms with Crippen molar-refractivity contribution in [2.45, 2.75) is 32.4 Å². The predicted molar refractivity (Wildman–Crippen MR) is 46.8 cm³/mol. The predicted octanol–water partition coefficient (Wildman–Crippen LogP) is 0.311. The van der Waals surface area contributed by atoms with Crippen LogP contribution in [0.25, 0.3) is 0 Å². The molecule has 3 nitrogen and oxygen atoms in total. The fourth-order valence-electron chi connectivity index (χ4n) is 2.52. The third kappa shape index (κ3) is 1.04. The van der Waals surface area contributed by atoms with Gasteiger partial charge in [0.2, 0.25) is 5.91 Å². The molecule has 0 radical (unpaired) electrons. The average Bonchev–Trinajstić information content (AvgIpc) is 2.60. The van der Waals surface area contributed by atoms with E-state index in [-0.39, 0.29) is 5.91 Å². The number of likely N-dealkylation sites (N-methyl/N-ethyl adjacent to an activating group) is 1. The van der Waals surface area contributed by atoms with Crippen LogP contribution in [0.1, 0.15) is 20.3 Å². The first-order valence-corrected chi connectivity index (χ1v) is 4.73. The Morgan fingerprint density at radius 2 is 2.17 bits per heavy atom. The van der Waals surface area contributed by atoms with Crippen molar-refractivity contribution in [2.75, 3.05) is 19.6 Å². The quantitative estimate of drug-likeness (QED) is 0.562. The highest BCUT2D eigenvalue weighted by Gasteiger charge is 2.43. The number of likely N-dealkylation sites (tertiary alicyclic amines) is 2. The number of amides is 1. The summed E-state index contributed by atoms with van der Waals surface area (Å²) in [5.74, 6) is 0.248. The van der Waals surface area contributed by atoms with E-state index >= 15 is 0 Å². The van der Waals surface area contributed by atoms with Gasteiger partial charge >= 0.3 is 0 Å². The van der Waals surface area contributed by atoms with Crippen molar-refractivity contribution < 1.29 is 4.79 Å². The van der Waals surface area contributed by atoms with Crippen LogP contribution in [-0.4, -0.2) is 47.4 Å². The van der Waals surface area contributed by atoms with E-state index in [9.17, 15) is 4.79 Å². The molecule has 2 heterocycles. The molecule has 2 bridgehead atoms. The van der Waals surface area contributed by atoms with Gasteiger partial charge in [-0.3, -0.25) is 9.69 Å². The Hall–Kier alpha value is -0.570. The van der Waals surface area contributed by atoms with Gasteiger partial charge in [-0.05, 0) is 13.0 Å². The maximum atomic E-state index is 11.1. The largest absolute Gasteiger partial charge is 0.337 e. The highest BCUT2D eigenvalue weighted by molar-refractivity contribution is 5.74. The van der Waals surface area contributed by atoms with Gasteiger partial charge in [0.05, 0.1) is 0 Å². The van der Waals surface area contributed by atoms with E-state index in [4.69, 9.17) is 0 Å². The van der Waals surface area contributed by atoms with Gasteiger partial charge in [-0.25, -0.2) is 0 Å². The Balaban J connectivity index is 2.03. The van der Waals surface area contributed by atoms with Crippen LogP contribution >= 0.6 is 0 Å². The van der Waals surface area contributed by atoms with E-state index in [0.29, 0.717) is 12.1 Å². The molecule has 2 saturated heterocycles. The minimum atomic E-state index is 0.248. The maximum absolute atomic E-state index is 11.1. The number of carbonyl (C=O) groups excluding carboxylic acids is 1. The standard InChI is InChI=1S/C9H16N2O/c1-3-10-5-9-4-8(10)6-11(9)7(2)12/h8-9H,3-6H2,1-2H3/t8-,9-/m1/s1. The summed E-state index contributed by atoms with van der Waals surface area (Å²) in [7, 11) is 0. The molecule has 1 amide bonds. The van der Waals surface area contributed by atoms with Gasteiger partial charge in [-0.2, -0.15) is 0 Å². The molecule has 2 aliphatic rings. The summed E-state index contributed by atoms with van der Waals surface area (Å²) in [6.07, 6.45) is 1.20. The smallest absolute Gasteiger partial charge is 0.219 e. The monoisotopic (exact) mass is 168 g/mol. The van der Waals surface area contributed by atoms with Gasteiger partial charge in [-0.15, -0.1) is 0 Å². The fourth-order valence-corrected chi connectivity index (χ4v) is 2.52. The number of fused-ring (bicyclic) bond motifs is 2. The first-order chi connectivity index (χ1) is 5.72. The molecule has 0 N–H and O–H groups in total. The van der Waals surface area contributed by atoms with Crippen LogP contribution < -0.4 is 0 Å². The Morgan fingerprint density at radius 3 is 2.58 bits per heavy atom. The Bertz CT molecular complexity index is 205. The number of hydrogen-bond acceptors (Lipinski definition) is 2. The highest BCUT2D eigenvalue weighted by Crippen LogP contribution is 2.29. The second-order valence-electron chi connectivity index (χ2n) is 3.80. The summed E-state index contributed by atoms with van der Waals surface area (Å²) in [4.78, 5) is 15.6. The lowest BCUT2D eigenvalue weighted by Crippen LogP contribution is -2.47. The van der Waals surface area contributed by atoms with E-state index in [1.165, 1.54) is 6.42 Å². The zero-order chi connectivity index (χ0) is 8.72. The molecule has 0 aliphatic carbocycles. The van der Waals surface area contributed by atoms with E-state index < -0.39 is 0 Å². The molecule has 2 rings (SSSR count). The molecule has 2 aliphatic heterocycles. The van der Waals surface area contributed by atoms with Gasteiger partial charge in [0.25, 0.3) is 0 Å². The second-order valence-corrected chi connectivity index (χ2v) is 3.80. The molecule has 0 aromatic rings. The molecule has 0 saturated carbocycles. The normalized spacial score (nSPS) is 34.7. The van der Waals surface area contributed by atoms with Crippen LogP contribution in [-0.2, 0) is 4.79 Å². The highest BCUT2D eigenvalue weighted by atomic mass is 16.2. The second kappa shape index (κ2) is 2.73. The van der Waals surface area contributed by atoms with Crippen LogP contribution in [0.2, 0.25) is 0 Å². The summed E-state index contributed by atoms with van der Waals surface area (Å²) in [5.41, 5.74) is 0. The van der Waals surface area contributed by atoms with Crippen LogP contribution in [0.5, 0.6) is 0 Å². The zero-order valence-corrected chi connectivity index (χ0v) is 7.79. The minimum Gasteiger partial charge on any atom is -0.337 e. The molecule has 0 spiro atoms. The van der Waals surface area contributed by atoms with Crippen LogP contribution in [0.4, 0.5) is 0 Å². The van der Waals surface area contributed by atoms with E-state index in [1.807, 2.05) is 4.90 Å². The van der Waals surface area contributed by atoms with Crippen LogP contribution in [0, 0.1) is 0 Å². The summed E-state index contributed by atoms with van der Waals surface area (Å²) < 4.78 is 0. The molecule has 0 aromatic carbocycles. The third-order valence-corrected chi connectivity index (χ3v) is 3.16. The van der Waals surface area contributed by atoms with Crippen molar-refractivity contribution >= 4 is 5.91 Å². The van der Waals surface area contributed by atoms with Crippen molar-refractivity contribution in [3.05, 3.63) is 0 Å². The molecule has 0 aromatic heterocycles. The Kier molecular flexibility index (Phi) is 1.83. The van der Waals surface area contributed by atoms with Crippen molar-refractivity contribution in [1.29, 1.82) is 0 Å². The summed E-state index contributed by atoms with van der Waals surface area (Å²) >= 11 is 0. The zero-order valence-electron chi connectivity index (χ0n) is 7.79. The Morgan fingerprint density at radius 1 is 1.42 bits per heavy atom. The van der Waals surface area contributed by atoms with Gasteiger partial charge < -0.3 is 4.90 Å². The molecular formula is C9H16N2O. The molecule has 0 unspecified atom stereocenters. The molecular weight excluding hydrogens is 152 g/mol. The SMILES string of the molecule is CCN1C[C@H]2C[C@@H]1CN2C(C)=O.